The van der Waals surface area contributed by atoms with Gasteiger partial charge in [-0.05, 0) is 48.6 Å². The monoisotopic (exact) mass is 417 g/mol. The van der Waals surface area contributed by atoms with E-state index in [9.17, 15) is 9.59 Å². The van der Waals surface area contributed by atoms with Gasteiger partial charge in [0.15, 0.2) is 0 Å². The van der Waals surface area contributed by atoms with Crippen LogP contribution in [0.4, 0.5) is 4.79 Å². The molecule has 2 aromatic rings. The third-order valence-electron chi connectivity index (χ3n) is 4.73. The van der Waals surface area contributed by atoms with E-state index in [2.05, 4.69) is 15.6 Å². The first-order valence-corrected chi connectivity index (χ1v) is 9.76. The summed E-state index contributed by atoms with van der Waals surface area (Å²) in [7, 11) is 0. The number of hydrogen-bond donors (Lipinski definition) is 3. The van der Waals surface area contributed by atoms with Crippen molar-refractivity contribution in [3.05, 3.63) is 46.7 Å². The van der Waals surface area contributed by atoms with Crippen LogP contribution in [0.2, 0.25) is 5.02 Å². The molecule has 1 aliphatic rings. The maximum atomic E-state index is 12.1. The van der Waals surface area contributed by atoms with E-state index in [4.69, 9.17) is 21.4 Å². The van der Waals surface area contributed by atoms with Gasteiger partial charge >= 0.3 is 6.09 Å². The summed E-state index contributed by atoms with van der Waals surface area (Å²) in [6, 6.07) is 7.08. The number of carbonyl (C=O) groups is 2. The van der Waals surface area contributed by atoms with Crippen LogP contribution >= 0.6 is 11.6 Å². The Morgan fingerprint density at radius 1 is 1.41 bits per heavy atom. The number of amides is 2. The topological polar surface area (TPSA) is 101 Å². The number of nitrogens with one attached hydrogen (secondary N) is 2. The molecule has 1 aliphatic heterocycles. The molecule has 7 nitrogen and oxygen atoms in total. The molecule has 0 radical (unpaired) electrons. The molecule has 2 heterocycles. The largest absolute Gasteiger partial charge is 0.490 e. The maximum Gasteiger partial charge on any atom is 0.405 e. The molecule has 3 N–H and O–H groups in total. The van der Waals surface area contributed by atoms with E-state index < -0.39 is 11.6 Å². The summed E-state index contributed by atoms with van der Waals surface area (Å²) in [5.41, 5.74) is 2.08. The van der Waals surface area contributed by atoms with Crippen molar-refractivity contribution in [2.75, 3.05) is 6.61 Å². The smallest absolute Gasteiger partial charge is 0.405 e. The van der Waals surface area contributed by atoms with Crippen LogP contribution in [0.1, 0.15) is 43.2 Å². The first-order valence-electron chi connectivity index (χ1n) is 9.38. The van der Waals surface area contributed by atoms with E-state index in [1.807, 2.05) is 26.8 Å². The number of carboxylic acid groups (broad SMARTS) is 1. The van der Waals surface area contributed by atoms with E-state index in [0.717, 1.165) is 11.1 Å². The number of carbonyl (C=O) groups excluding carboxylic acids is 1. The third kappa shape index (κ3) is 4.79. The number of aromatic nitrogens is 1. The standard InChI is InChI=1S/C21H24ClN3O4/c1-12(2)9-21(3,25-20(27)28)11-29-17-5-4-13(8-15(17)22)14-6-7-23-16-10-24-19(26)18(14)16/h4-8,12,25H,9-11H2,1-3H3,(H,24,26)(H,27,28). The highest BCUT2D eigenvalue weighted by Crippen LogP contribution is 2.34. The predicted molar refractivity (Wildman–Crippen MR) is 110 cm³/mol. The van der Waals surface area contributed by atoms with Crippen molar-refractivity contribution in [2.45, 2.75) is 39.3 Å². The van der Waals surface area contributed by atoms with Gasteiger partial charge in [0.1, 0.15) is 12.4 Å². The second-order valence-electron chi connectivity index (χ2n) is 7.89. The van der Waals surface area contributed by atoms with Crippen LogP contribution in [0.3, 0.4) is 0 Å². The summed E-state index contributed by atoms with van der Waals surface area (Å²) < 4.78 is 5.86. The lowest BCUT2D eigenvalue weighted by Gasteiger charge is -2.31. The van der Waals surface area contributed by atoms with Gasteiger partial charge in [-0.3, -0.25) is 9.78 Å². The third-order valence-corrected chi connectivity index (χ3v) is 5.02. The first kappa shape index (κ1) is 20.9. The average molecular weight is 418 g/mol. The fraction of sp³-hybridized carbons (Fsp3) is 0.381. The van der Waals surface area contributed by atoms with Crippen molar-refractivity contribution in [3.8, 4) is 16.9 Å². The highest BCUT2D eigenvalue weighted by molar-refractivity contribution is 6.32. The van der Waals surface area contributed by atoms with Gasteiger partial charge in [0, 0.05) is 6.20 Å². The van der Waals surface area contributed by atoms with Gasteiger partial charge in [0.05, 0.1) is 28.4 Å². The Hall–Kier alpha value is -2.80. The second kappa shape index (κ2) is 8.29. The van der Waals surface area contributed by atoms with Gasteiger partial charge in [0.2, 0.25) is 0 Å². The van der Waals surface area contributed by atoms with Crippen molar-refractivity contribution >= 4 is 23.6 Å². The van der Waals surface area contributed by atoms with E-state index in [1.165, 1.54) is 0 Å². The van der Waals surface area contributed by atoms with Crippen molar-refractivity contribution in [1.82, 2.24) is 15.6 Å². The molecule has 1 aromatic heterocycles. The maximum absolute atomic E-state index is 12.1. The molecule has 8 heteroatoms. The highest BCUT2D eigenvalue weighted by atomic mass is 35.5. The number of rotatable bonds is 7. The predicted octanol–water partition coefficient (Wildman–Crippen LogP) is 4.10. The molecule has 154 valence electrons. The summed E-state index contributed by atoms with van der Waals surface area (Å²) in [6.45, 7) is 6.41. The highest BCUT2D eigenvalue weighted by Gasteiger charge is 2.29. The molecule has 2 amide bonds. The Kier molecular flexibility index (Phi) is 5.98. The first-order chi connectivity index (χ1) is 13.7. The molecule has 0 fully saturated rings. The van der Waals surface area contributed by atoms with Gasteiger partial charge in [0.25, 0.3) is 5.91 Å². The van der Waals surface area contributed by atoms with Crippen molar-refractivity contribution in [1.29, 1.82) is 0 Å². The SMILES string of the molecule is CC(C)CC(C)(COc1ccc(-c2ccnc3c2C(=O)NC3)cc1Cl)NC(=O)O. The minimum atomic E-state index is -1.09. The Bertz CT molecular complexity index is 948. The lowest BCUT2D eigenvalue weighted by molar-refractivity contribution is 0.0966. The number of ether oxygens (including phenoxy) is 1. The summed E-state index contributed by atoms with van der Waals surface area (Å²) in [6.07, 6.45) is 1.19. The number of hydrogen-bond acceptors (Lipinski definition) is 4. The minimum Gasteiger partial charge on any atom is -0.490 e. The number of halogens is 1. The van der Waals surface area contributed by atoms with Crippen molar-refractivity contribution < 1.29 is 19.4 Å². The van der Waals surface area contributed by atoms with Crippen LogP contribution in [0.15, 0.2) is 30.5 Å². The van der Waals surface area contributed by atoms with E-state index in [-0.39, 0.29) is 18.4 Å². The van der Waals surface area contributed by atoms with Gasteiger partial charge in [-0.15, -0.1) is 0 Å². The number of nitrogens with zero attached hydrogens (tertiary/aromatic N) is 1. The number of benzene rings is 1. The van der Waals surface area contributed by atoms with Crippen LogP contribution in [0.25, 0.3) is 11.1 Å². The quantitative estimate of drug-likeness (QED) is 0.629. The Balaban J connectivity index is 1.81. The molecule has 0 saturated carbocycles. The molecule has 1 aromatic carbocycles. The van der Waals surface area contributed by atoms with Gasteiger partial charge < -0.3 is 20.5 Å². The molecular formula is C21H24ClN3O4. The fourth-order valence-corrected chi connectivity index (χ4v) is 3.95. The van der Waals surface area contributed by atoms with Crippen LogP contribution in [-0.2, 0) is 6.54 Å². The van der Waals surface area contributed by atoms with Crippen molar-refractivity contribution in [3.63, 3.8) is 0 Å². The van der Waals surface area contributed by atoms with E-state index in [0.29, 0.717) is 35.0 Å². The van der Waals surface area contributed by atoms with Crippen LogP contribution in [-0.4, -0.2) is 34.2 Å². The van der Waals surface area contributed by atoms with Crippen LogP contribution < -0.4 is 15.4 Å². The zero-order valence-electron chi connectivity index (χ0n) is 16.6. The average Bonchev–Trinajstić information content (AvgIpc) is 3.00. The number of fused-ring (bicyclic) bond motifs is 1. The Morgan fingerprint density at radius 2 is 2.17 bits per heavy atom. The van der Waals surface area contributed by atoms with Gasteiger partial charge in [-0.1, -0.05) is 31.5 Å². The lowest BCUT2D eigenvalue weighted by atomic mass is 9.91. The van der Waals surface area contributed by atoms with Gasteiger partial charge in [-0.25, -0.2) is 4.79 Å². The van der Waals surface area contributed by atoms with Crippen LogP contribution in [0, 0.1) is 5.92 Å². The molecule has 0 aliphatic carbocycles. The minimum absolute atomic E-state index is 0.142. The van der Waals surface area contributed by atoms with Crippen molar-refractivity contribution in [2.24, 2.45) is 5.92 Å². The zero-order chi connectivity index (χ0) is 21.2. The fourth-order valence-electron chi connectivity index (χ4n) is 3.71. The lowest BCUT2D eigenvalue weighted by Crippen LogP contribution is -2.50. The summed E-state index contributed by atoms with van der Waals surface area (Å²) in [5.74, 6) is 0.588. The second-order valence-corrected chi connectivity index (χ2v) is 8.29. The number of pyridine rings is 1. The molecule has 1 atom stereocenters. The summed E-state index contributed by atoms with van der Waals surface area (Å²) in [5, 5.41) is 14.8. The summed E-state index contributed by atoms with van der Waals surface area (Å²) >= 11 is 6.43. The van der Waals surface area contributed by atoms with Crippen LogP contribution in [0.5, 0.6) is 5.75 Å². The molecule has 0 bridgehead atoms. The Labute approximate surface area is 174 Å². The van der Waals surface area contributed by atoms with E-state index >= 15 is 0 Å². The normalized spacial score (nSPS) is 14.9. The van der Waals surface area contributed by atoms with Gasteiger partial charge in [-0.2, -0.15) is 0 Å². The molecule has 0 saturated heterocycles. The zero-order valence-corrected chi connectivity index (χ0v) is 17.3. The Morgan fingerprint density at radius 3 is 2.83 bits per heavy atom. The molecular weight excluding hydrogens is 394 g/mol. The molecule has 0 spiro atoms. The summed E-state index contributed by atoms with van der Waals surface area (Å²) in [4.78, 5) is 27.5. The van der Waals surface area contributed by atoms with E-state index in [1.54, 1.807) is 24.4 Å². The molecule has 3 rings (SSSR count). The molecule has 1 unspecified atom stereocenters. The molecule has 29 heavy (non-hydrogen) atoms.